The molecule has 0 spiro atoms. The number of nitrogens with one attached hydrogen (secondary N) is 1. The Balaban J connectivity index is 1.85. The van der Waals surface area contributed by atoms with Gasteiger partial charge in [-0.2, -0.15) is 57.0 Å². The third-order valence-electron chi connectivity index (χ3n) is 7.43. The standard InChI is InChI=1S/C29H27F9N2O3S/c1-15(2)17-5-8-25(43-4)24(12-17)23-7-6-20(27(30,31)32)11-19(23)14-40-16(3)26(39-44(40,41)42)18-9-21(28(33,34)35)13-22(10-18)29(36,37)38/h5-13,15-16,26,39H,14H2,1-4H3/t16-,26-/m0/s1. The molecule has 0 amide bonds. The molecule has 0 bridgehead atoms. The zero-order valence-electron chi connectivity index (χ0n) is 23.6. The SMILES string of the molecule is COc1ccc(C(C)C)cc1-c1ccc(C(F)(F)F)cc1CN1[C@@H](C)[C@@H](c2cc(C(F)(F)F)cc(C(F)(F)F)c2)NS1(=O)=O. The molecule has 1 N–H and O–H groups in total. The van der Waals surface area contributed by atoms with E-state index in [1.165, 1.54) is 20.1 Å². The molecule has 0 saturated carbocycles. The Morgan fingerprint density at radius 3 is 1.86 bits per heavy atom. The summed E-state index contributed by atoms with van der Waals surface area (Å²) in [6.07, 6.45) is -15.2. The maximum Gasteiger partial charge on any atom is 0.416 e. The summed E-state index contributed by atoms with van der Waals surface area (Å²) >= 11 is 0. The molecule has 2 atom stereocenters. The molecule has 3 aromatic carbocycles. The van der Waals surface area contributed by atoms with E-state index in [1.54, 1.807) is 18.2 Å². The lowest BCUT2D eigenvalue weighted by Gasteiger charge is -2.24. The lowest BCUT2D eigenvalue weighted by atomic mass is 9.92. The highest BCUT2D eigenvalue weighted by molar-refractivity contribution is 7.87. The lowest BCUT2D eigenvalue weighted by molar-refractivity contribution is -0.143. The van der Waals surface area contributed by atoms with E-state index in [0.29, 0.717) is 22.0 Å². The zero-order chi connectivity index (χ0) is 33.0. The Labute approximate surface area is 247 Å². The number of methoxy groups -OCH3 is 1. The molecule has 1 heterocycles. The predicted molar refractivity (Wildman–Crippen MR) is 144 cm³/mol. The van der Waals surface area contributed by atoms with Crippen LogP contribution >= 0.6 is 0 Å². The Bertz CT molecular complexity index is 1620. The van der Waals surface area contributed by atoms with Crippen molar-refractivity contribution < 1.29 is 52.7 Å². The number of alkyl halides is 9. The summed E-state index contributed by atoms with van der Waals surface area (Å²) in [4.78, 5) is 0. The molecule has 0 radical (unpaired) electrons. The normalized spacial score (nSPS) is 19.5. The first-order valence-corrected chi connectivity index (χ1v) is 14.5. The van der Waals surface area contributed by atoms with Crippen LogP contribution in [0.25, 0.3) is 11.1 Å². The first-order valence-electron chi connectivity index (χ1n) is 13.1. The molecule has 1 saturated heterocycles. The topological polar surface area (TPSA) is 58.6 Å². The molecule has 1 aliphatic heterocycles. The number of nitrogens with zero attached hydrogens (tertiary/aromatic N) is 1. The first kappa shape index (κ1) is 33.6. The number of hydrogen-bond acceptors (Lipinski definition) is 3. The Hall–Kier alpha value is -3.30. The average Bonchev–Trinajstić information content (AvgIpc) is 3.14. The minimum absolute atomic E-state index is 0.00976. The molecule has 44 heavy (non-hydrogen) atoms. The van der Waals surface area contributed by atoms with Gasteiger partial charge in [0.15, 0.2) is 0 Å². The highest BCUT2D eigenvalue weighted by atomic mass is 32.2. The second-order valence-corrected chi connectivity index (χ2v) is 12.4. The highest BCUT2D eigenvalue weighted by Crippen LogP contribution is 2.42. The molecule has 1 aliphatic rings. The molecular formula is C29H27F9N2O3S. The van der Waals surface area contributed by atoms with E-state index in [4.69, 9.17) is 4.74 Å². The maximum absolute atomic E-state index is 13.8. The fraction of sp³-hybridized carbons (Fsp3) is 0.379. The monoisotopic (exact) mass is 654 g/mol. The minimum Gasteiger partial charge on any atom is -0.496 e. The zero-order valence-corrected chi connectivity index (χ0v) is 24.4. The van der Waals surface area contributed by atoms with Gasteiger partial charge in [-0.1, -0.05) is 26.0 Å². The van der Waals surface area contributed by atoms with E-state index in [9.17, 15) is 47.9 Å². The summed E-state index contributed by atoms with van der Waals surface area (Å²) in [5.41, 5.74) is -3.71. The molecule has 240 valence electrons. The van der Waals surface area contributed by atoms with Crippen LogP contribution in [-0.4, -0.2) is 25.9 Å². The second kappa shape index (κ2) is 11.6. The average molecular weight is 655 g/mol. The fourth-order valence-corrected chi connectivity index (χ4v) is 6.73. The summed E-state index contributed by atoms with van der Waals surface area (Å²) in [6, 6.07) is 5.69. The highest BCUT2D eigenvalue weighted by Gasteiger charge is 2.45. The lowest BCUT2D eigenvalue weighted by Crippen LogP contribution is -2.33. The number of ether oxygens (including phenoxy) is 1. The summed E-state index contributed by atoms with van der Waals surface area (Å²) in [5, 5.41) is 0. The van der Waals surface area contributed by atoms with E-state index >= 15 is 0 Å². The molecule has 1 fully saturated rings. The number of benzene rings is 3. The molecule has 15 heteroatoms. The van der Waals surface area contributed by atoms with Gasteiger partial charge in [0.2, 0.25) is 0 Å². The largest absolute Gasteiger partial charge is 0.496 e. The van der Waals surface area contributed by atoms with Crippen LogP contribution in [0, 0.1) is 0 Å². The van der Waals surface area contributed by atoms with Crippen molar-refractivity contribution in [1.82, 2.24) is 9.03 Å². The molecule has 5 nitrogen and oxygen atoms in total. The van der Waals surface area contributed by atoms with Crippen LogP contribution in [0.15, 0.2) is 54.6 Å². The van der Waals surface area contributed by atoms with E-state index in [-0.39, 0.29) is 28.9 Å². The maximum atomic E-state index is 13.8. The van der Waals surface area contributed by atoms with Crippen LogP contribution in [-0.2, 0) is 35.3 Å². The van der Waals surface area contributed by atoms with Crippen molar-refractivity contribution in [2.24, 2.45) is 0 Å². The molecule has 3 aromatic rings. The van der Waals surface area contributed by atoms with E-state index in [2.05, 4.69) is 4.72 Å². The van der Waals surface area contributed by atoms with Gasteiger partial charge in [-0.15, -0.1) is 0 Å². The third kappa shape index (κ3) is 6.84. The van der Waals surface area contributed by atoms with Crippen molar-refractivity contribution in [3.8, 4) is 16.9 Å². The van der Waals surface area contributed by atoms with Gasteiger partial charge >= 0.3 is 18.5 Å². The summed E-state index contributed by atoms with van der Waals surface area (Å²) in [7, 11) is -3.25. The number of rotatable bonds is 6. The van der Waals surface area contributed by atoms with Crippen LogP contribution in [0.5, 0.6) is 5.75 Å². The van der Waals surface area contributed by atoms with Crippen molar-refractivity contribution in [2.45, 2.75) is 63.8 Å². The number of halogens is 9. The Kier molecular flexibility index (Phi) is 8.83. The van der Waals surface area contributed by atoms with Gasteiger partial charge < -0.3 is 4.74 Å². The molecule has 0 unspecified atom stereocenters. The molecule has 0 aliphatic carbocycles. The van der Waals surface area contributed by atoms with Crippen LogP contribution in [0.1, 0.15) is 66.1 Å². The van der Waals surface area contributed by atoms with Gasteiger partial charge in [0.05, 0.1) is 29.8 Å². The van der Waals surface area contributed by atoms with Crippen LogP contribution in [0.3, 0.4) is 0 Å². The van der Waals surface area contributed by atoms with Crippen molar-refractivity contribution in [3.63, 3.8) is 0 Å². The summed E-state index contributed by atoms with van der Waals surface area (Å²) < 4.78 is 157. The van der Waals surface area contributed by atoms with Crippen LogP contribution < -0.4 is 9.46 Å². The van der Waals surface area contributed by atoms with E-state index in [1.807, 2.05) is 13.8 Å². The fourth-order valence-electron chi connectivity index (χ4n) is 5.07. The van der Waals surface area contributed by atoms with Gasteiger partial charge in [0.25, 0.3) is 10.2 Å². The minimum atomic E-state index is -5.17. The van der Waals surface area contributed by atoms with Gasteiger partial charge in [-0.05, 0) is 77.6 Å². The first-order chi connectivity index (χ1) is 20.1. The van der Waals surface area contributed by atoms with Gasteiger partial charge in [0.1, 0.15) is 5.75 Å². The Morgan fingerprint density at radius 1 is 0.795 bits per heavy atom. The van der Waals surface area contributed by atoms with Gasteiger partial charge in [-0.3, -0.25) is 0 Å². The second-order valence-electron chi connectivity index (χ2n) is 10.7. The number of hydrogen-bond donors (Lipinski definition) is 1. The quantitative estimate of drug-likeness (QED) is 0.272. The van der Waals surface area contributed by atoms with Crippen molar-refractivity contribution in [3.05, 3.63) is 88.0 Å². The van der Waals surface area contributed by atoms with Crippen LogP contribution in [0.4, 0.5) is 39.5 Å². The smallest absolute Gasteiger partial charge is 0.416 e. The van der Waals surface area contributed by atoms with E-state index < -0.39 is 69.6 Å². The summed E-state index contributed by atoms with van der Waals surface area (Å²) in [6.45, 7) is 4.33. The Morgan fingerprint density at radius 2 is 1.36 bits per heavy atom. The van der Waals surface area contributed by atoms with Crippen molar-refractivity contribution >= 4 is 10.2 Å². The van der Waals surface area contributed by atoms with Gasteiger partial charge in [0, 0.05) is 18.2 Å². The van der Waals surface area contributed by atoms with Gasteiger partial charge in [-0.25, -0.2) is 0 Å². The third-order valence-corrected chi connectivity index (χ3v) is 9.06. The predicted octanol–water partition coefficient (Wildman–Crippen LogP) is 8.32. The molecule has 4 rings (SSSR count). The van der Waals surface area contributed by atoms with E-state index in [0.717, 1.165) is 17.7 Å². The van der Waals surface area contributed by atoms with Crippen LogP contribution in [0.2, 0.25) is 0 Å². The molecule has 0 aromatic heterocycles. The molecular weight excluding hydrogens is 627 g/mol. The van der Waals surface area contributed by atoms with Crippen molar-refractivity contribution in [2.75, 3.05) is 7.11 Å². The van der Waals surface area contributed by atoms with Crippen molar-refractivity contribution in [1.29, 1.82) is 0 Å². The summed E-state index contributed by atoms with van der Waals surface area (Å²) in [5.74, 6) is 0.294.